The molecule has 0 radical (unpaired) electrons. The molecule has 0 fully saturated rings. The van der Waals surface area contributed by atoms with Gasteiger partial charge in [-0.15, -0.1) is 0 Å². The molecule has 2 rings (SSSR count). The Morgan fingerprint density at radius 3 is 2.88 bits per heavy atom. The topological polar surface area (TPSA) is 46.2 Å². The van der Waals surface area contributed by atoms with E-state index in [0.29, 0.717) is 6.54 Å². The Kier molecular flexibility index (Phi) is 3.65. The van der Waals surface area contributed by atoms with Crippen LogP contribution in [0.2, 0.25) is 0 Å². The fourth-order valence-corrected chi connectivity index (χ4v) is 3.28. The molecule has 0 spiro atoms. The first kappa shape index (κ1) is 12.7. The van der Waals surface area contributed by atoms with Crippen molar-refractivity contribution in [1.29, 1.82) is 0 Å². The van der Waals surface area contributed by atoms with Crippen LogP contribution >= 0.6 is 15.9 Å². The number of benzene rings is 1. The maximum absolute atomic E-state index is 13.0. The molecule has 0 bridgehead atoms. The summed E-state index contributed by atoms with van der Waals surface area (Å²) in [6.07, 6.45) is 1.61. The minimum absolute atomic E-state index is 0.0694. The Morgan fingerprint density at radius 2 is 2.24 bits per heavy atom. The molecule has 1 heterocycles. The molecule has 17 heavy (non-hydrogen) atoms. The van der Waals surface area contributed by atoms with E-state index in [4.69, 9.17) is 0 Å². The third kappa shape index (κ3) is 3.37. The van der Waals surface area contributed by atoms with Crippen molar-refractivity contribution in [2.24, 2.45) is 0 Å². The van der Waals surface area contributed by atoms with Crippen LogP contribution in [0, 0.1) is 5.82 Å². The van der Waals surface area contributed by atoms with Crippen molar-refractivity contribution in [3.8, 4) is 0 Å². The van der Waals surface area contributed by atoms with E-state index in [0.717, 1.165) is 10.0 Å². The molecule has 1 aliphatic rings. The quantitative estimate of drug-likeness (QED) is 0.926. The fourth-order valence-electron chi connectivity index (χ4n) is 1.62. The van der Waals surface area contributed by atoms with E-state index in [-0.39, 0.29) is 17.6 Å². The van der Waals surface area contributed by atoms with Crippen LogP contribution in [0.1, 0.15) is 5.56 Å². The van der Waals surface area contributed by atoms with Crippen molar-refractivity contribution in [3.05, 3.63) is 45.5 Å². The largest absolute Gasteiger partial charge is 0.305 e. The van der Waals surface area contributed by atoms with Gasteiger partial charge in [0.15, 0.2) is 9.84 Å². The summed E-state index contributed by atoms with van der Waals surface area (Å²) in [7, 11) is -3.05. The van der Waals surface area contributed by atoms with Crippen molar-refractivity contribution in [3.63, 3.8) is 0 Å². The van der Waals surface area contributed by atoms with Crippen molar-refractivity contribution in [2.45, 2.75) is 12.6 Å². The zero-order valence-electron chi connectivity index (χ0n) is 8.86. The Bertz CT molecular complexity index is 557. The number of rotatable bonds is 3. The van der Waals surface area contributed by atoms with Gasteiger partial charge < -0.3 is 5.32 Å². The van der Waals surface area contributed by atoms with Gasteiger partial charge in [0.05, 0.1) is 5.75 Å². The summed E-state index contributed by atoms with van der Waals surface area (Å²) in [4.78, 5) is 0. The third-order valence-corrected chi connectivity index (χ3v) is 4.66. The highest BCUT2D eigenvalue weighted by Crippen LogP contribution is 2.18. The van der Waals surface area contributed by atoms with Crippen molar-refractivity contribution in [1.82, 2.24) is 5.32 Å². The molecule has 3 nitrogen and oxygen atoms in total. The van der Waals surface area contributed by atoms with Crippen LogP contribution in [0.15, 0.2) is 34.2 Å². The lowest BCUT2D eigenvalue weighted by Gasteiger charge is -2.11. The van der Waals surface area contributed by atoms with Crippen LogP contribution in [0.5, 0.6) is 0 Å². The summed E-state index contributed by atoms with van der Waals surface area (Å²) in [5.41, 5.74) is 0.766. The Balaban J connectivity index is 1.99. The molecular formula is C11H11BrFNO2S. The maximum atomic E-state index is 13.0. The zero-order valence-corrected chi connectivity index (χ0v) is 11.3. The molecule has 0 saturated carbocycles. The molecule has 1 atom stereocenters. The van der Waals surface area contributed by atoms with Gasteiger partial charge in [0.25, 0.3) is 0 Å². The average molecular weight is 320 g/mol. The number of hydrogen-bond donors (Lipinski definition) is 1. The predicted molar refractivity (Wildman–Crippen MR) is 67.7 cm³/mol. The van der Waals surface area contributed by atoms with E-state index in [1.807, 2.05) is 0 Å². The van der Waals surface area contributed by atoms with E-state index in [1.165, 1.54) is 17.5 Å². The number of hydrogen-bond acceptors (Lipinski definition) is 3. The lowest BCUT2D eigenvalue weighted by Crippen LogP contribution is -2.29. The Hall–Kier alpha value is -0.720. The van der Waals surface area contributed by atoms with Gasteiger partial charge >= 0.3 is 0 Å². The van der Waals surface area contributed by atoms with Crippen molar-refractivity contribution >= 4 is 25.8 Å². The standard InChI is InChI=1S/C11H11BrFNO2S/c12-11-2-1-9(13)5-8(11)6-14-10-3-4-17(15,16)7-10/h1-5,10,14H,6-7H2. The molecule has 0 saturated heterocycles. The molecular weight excluding hydrogens is 309 g/mol. The van der Waals surface area contributed by atoms with E-state index in [1.54, 1.807) is 12.1 Å². The van der Waals surface area contributed by atoms with Crippen LogP contribution < -0.4 is 5.32 Å². The second-order valence-corrected chi connectivity index (χ2v) is 6.67. The monoisotopic (exact) mass is 319 g/mol. The summed E-state index contributed by atoms with van der Waals surface area (Å²) in [5, 5.41) is 4.27. The second kappa shape index (κ2) is 4.88. The first-order chi connectivity index (χ1) is 7.96. The molecule has 0 aromatic heterocycles. The summed E-state index contributed by atoms with van der Waals surface area (Å²) in [6.45, 7) is 0.420. The van der Waals surface area contributed by atoms with Crippen LogP contribution in [0.4, 0.5) is 4.39 Å². The first-order valence-electron chi connectivity index (χ1n) is 5.04. The zero-order chi connectivity index (χ0) is 12.5. The van der Waals surface area contributed by atoms with Crippen LogP contribution in [0.25, 0.3) is 0 Å². The van der Waals surface area contributed by atoms with Crippen LogP contribution in [-0.4, -0.2) is 20.2 Å². The van der Waals surface area contributed by atoms with E-state index in [9.17, 15) is 12.8 Å². The molecule has 1 aliphatic heterocycles. The number of nitrogens with one attached hydrogen (secondary N) is 1. The SMILES string of the molecule is O=S1(=O)C=CC(NCc2cc(F)ccc2Br)C1. The van der Waals surface area contributed by atoms with E-state index in [2.05, 4.69) is 21.2 Å². The van der Waals surface area contributed by atoms with E-state index >= 15 is 0 Å². The highest BCUT2D eigenvalue weighted by Gasteiger charge is 2.21. The van der Waals surface area contributed by atoms with Gasteiger partial charge in [0.2, 0.25) is 0 Å². The predicted octanol–water partition coefficient (Wildman–Crippen LogP) is 1.99. The van der Waals surface area contributed by atoms with E-state index < -0.39 is 9.84 Å². The third-order valence-electron chi connectivity index (χ3n) is 2.49. The highest BCUT2D eigenvalue weighted by atomic mass is 79.9. The normalized spacial score (nSPS) is 21.9. The fraction of sp³-hybridized carbons (Fsp3) is 0.273. The lowest BCUT2D eigenvalue weighted by molar-refractivity contribution is 0.587. The first-order valence-corrected chi connectivity index (χ1v) is 7.55. The number of sulfone groups is 1. The van der Waals surface area contributed by atoms with Gasteiger partial charge in [-0.2, -0.15) is 0 Å². The Labute approximate surface area is 108 Å². The van der Waals surface area contributed by atoms with Crippen molar-refractivity contribution < 1.29 is 12.8 Å². The maximum Gasteiger partial charge on any atom is 0.173 e. The van der Waals surface area contributed by atoms with Gasteiger partial charge in [-0.25, -0.2) is 12.8 Å². The van der Waals surface area contributed by atoms with Crippen LogP contribution in [0.3, 0.4) is 0 Å². The summed E-state index contributed by atoms with van der Waals surface area (Å²) in [6, 6.07) is 4.22. The smallest absolute Gasteiger partial charge is 0.173 e. The van der Waals surface area contributed by atoms with Gasteiger partial charge in [-0.3, -0.25) is 0 Å². The molecule has 6 heteroatoms. The summed E-state index contributed by atoms with van der Waals surface area (Å²) >= 11 is 3.32. The number of halogens is 2. The van der Waals surface area contributed by atoms with Gasteiger partial charge in [-0.1, -0.05) is 22.0 Å². The van der Waals surface area contributed by atoms with Crippen molar-refractivity contribution in [2.75, 3.05) is 5.75 Å². The molecule has 92 valence electrons. The van der Waals surface area contributed by atoms with Gasteiger partial charge in [-0.05, 0) is 23.8 Å². The molecule has 1 aromatic rings. The minimum Gasteiger partial charge on any atom is -0.305 e. The molecule has 0 aliphatic carbocycles. The molecule has 1 N–H and O–H groups in total. The summed E-state index contributed by atoms with van der Waals surface area (Å²) < 4.78 is 36.2. The molecule has 1 aromatic carbocycles. The average Bonchev–Trinajstić information content (AvgIpc) is 2.60. The lowest BCUT2D eigenvalue weighted by atomic mass is 10.2. The second-order valence-electron chi connectivity index (χ2n) is 3.88. The summed E-state index contributed by atoms with van der Waals surface area (Å²) in [5.74, 6) is -0.237. The minimum atomic E-state index is -3.05. The molecule has 1 unspecified atom stereocenters. The highest BCUT2D eigenvalue weighted by molar-refractivity contribution is 9.10. The van der Waals surface area contributed by atoms with Gasteiger partial charge in [0.1, 0.15) is 5.82 Å². The van der Waals surface area contributed by atoms with Crippen LogP contribution in [-0.2, 0) is 16.4 Å². The molecule has 0 amide bonds. The Morgan fingerprint density at radius 1 is 1.47 bits per heavy atom. The van der Waals surface area contributed by atoms with Gasteiger partial charge in [0, 0.05) is 22.5 Å².